The van der Waals surface area contributed by atoms with Gasteiger partial charge in [-0.3, -0.25) is 20.4 Å². The second-order valence-electron chi connectivity index (χ2n) is 7.72. The van der Waals surface area contributed by atoms with Crippen LogP contribution < -0.4 is 15.6 Å². The second kappa shape index (κ2) is 11.0. The predicted octanol–water partition coefficient (Wildman–Crippen LogP) is 4.01. The lowest BCUT2D eigenvalue weighted by Crippen LogP contribution is -2.44. The SMILES string of the molecule is Cc1oc(-c2ccccc2)nc1CC(=O)NNC(=O)COc1ccccc1Cc1ccccc1. The number of carbonyl (C=O) groups is 2. The number of rotatable bonds is 8. The molecule has 2 amide bonds. The Kier molecular flexibility index (Phi) is 7.35. The average Bonchev–Trinajstić information content (AvgIpc) is 3.23. The normalized spacial score (nSPS) is 10.5. The van der Waals surface area contributed by atoms with Crippen LogP contribution in [0.1, 0.15) is 22.6 Å². The van der Waals surface area contributed by atoms with Crippen LogP contribution in [0.25, 0.3) is 11.5 Å². The fourth-order valence-corrected chi connectivity index (χ4v) is 3.42. The summed E-state index contributed by atoms with van der Waals surface area (Å²) >= 11 is 0. The standard InChI is InChI=1S/C27H25N3O4/c1-19-23(28-27(34-19)21-12-6-3-7-13-21)17-25(31)29-30-26(32)18-33-24-15-9-8-14-22(24)16-20-10-4-2-5-11-20/h2-15H,16-18H2,1H3,(H,29,31)(H,30,32). The number of hydrazine groups is 1. The van der Waals surface area contributed by atoms with E-state index in [9.17, 15) is 9.59 Å². The molecule has 0 radical (unpaired) electrons. The summed E-state index contributed by atoms with van der Waals surface area (Å²) in [5.41, 5.74) is 8.24. The van der Waals surface area contributed by atoms with Crippen LogP contribution >= 0.6 is 0 Å². The number of hydrogen-bond donors (Lipinski definition) is 2. The molecule has 1 aromatic heterocycles. The first-order valence-electron chi connectivity index (χ1n) is 10.9. The topological polar surface area (TPSA) is 93.5 Å². The number of nitrogens with zero attached hydrogens (tertiary/aromatic N) is 1. The van der Waals surface area contributed by atoms with Crippen molar-refractivity contribution in [2.75, 3.05) is 6.61 Å². The highest BCUT2D eigenvalue weighted by atomic mass is 16.5. The van der Waals surface area contributed by atoms with E-state index in [1.807, 2.05) is 84.9 Å². The molecule has 0 saturated heterocycles. The minimum absolute atomic E-state index is 0.0246. The average molecular weight is 456 g/mol. The number of benzene rings is 3. The van der Waals surface area contributed by atoms with Gasteiger partial charge in [0.1, 0.15) is 11.5 Å². The van der Waals surface area contributed by atoms with E-state index in [2.05, 4.69) is 15.8 Å². The van der Waals surface area contributed by atoms with Gasteiger partial charge in [-0.05, 0) is 36.2 Å². The van der Waals surface area contributed by atoms with Crippen molar-refractivity contribution < 1.29 is 18.7 Å². The third-order valence-electron chi connectivity index (χ3n) is 5.15. The lowest BCUT2D eigenvalue weighted by molar-refractivity contribution is -0.129. The van der Waals surface area contributed by atoms with Gasteiger partial charge in [0.2, 0.25) is 11.8 Å². The fraction of sp³-hybridized carbons (Fsp3) is 0.148. The van der Waals surface area contributed by atoms with Gasteiger partial charge in [-0.15, -0.1) is 0 Å². The van der Waals surface area contributed by atoms with Crippen molar-refractivity contribution in [1.29, 1.82) is 0 Å². The molecule has 34 heavy (non-hydrogen) atoms. The molecule has 0 aliphatic rings. The summed E-state index contributed by atoms with van der Waals surface area (Å²) in [4.78, 5) is 28.9. The number of hydrogen-bond acceptors (Lipinski definition) is 5. The number of amides is 2. The summed E-state index contributed by atoms with van der Waals surface area (Å²) in [6.45, 7) is 1.52. The van der Waals surface area contributed by atoms with Crippen LogP contribution in [0.2, 0.25) is 0 Å². The third kappa shape index (κ3) is 6.10. The van der Waals surface area contributed by atoms with Crippen LogP contribution in [0.15, 0.2) is 89.3 Å². The second-order valence-corrected chi connectivity index (χ2v) is 7.72. The summed E-state index contributed by atoms with van der Waals surface area (Å²) in [5.74, 6) is 0.754. The van der Waals surface area contributed by atoms with Gasteiger partial charge in [-0.2, -0.15) is 0 Å². The van der Waals surface area contributed by atoms with Crippen LogP contribution in [-0.4, -0.2) is 23.4 Å². The maximum Gasteiger partial charge on any atom is 0.276 e. The van der Waals surface area contributed by atoms with E-state index >= 15 is 0 Å². The lowest BCUT2D eigenvalue weighted by Gasteiger charge is -2.12. The van der Waals surface area contributed by atoms with Gasteiger partial charge in [0.25, 0.3) is 5.91 Å². The molecule has 0 atom stereocenters. The molecular weight excluding hydrogens is 430 g/mol. The number of nitrogens with one attached hydrogen (secondary N) is 2. The molecule has 0 aliphatic heterocycles. The van der Waals surface area contributed by atoms with Gasteiger partial charge < -0.3 is 9.15 Å². The molecule has 1 heterocycles. The number of oxazole rings is 1. The van der Waals surface area contributed by atoms with E-state index in [1.54, 1.807) is 6.92 Å². The Labute approximate surface area is 197 Å². The summed E-state index contributed by atoms with van der Waals surface area (Å²) in [5, 5.41) is 0. The van der Waals surface area contributed by atoms with Crippen molar-refractivity contribution in [3.63, 3.8) is 0 Å². The zero-order valence-corrected chi connectivity index (χ0v) is 18.8. The van der Waals surface area contributed by atoms with Crippen LogP contribution in [0, 0.1) is 6.92 Å². The van der Waals surface area contributed by atoms with Gasteiger partial charge in [-0.25, -0.2) is 4.98 Å². The molecular formula is C27H25N3O4. The highest BCUT2D eigenvalue weighted by molar-refractivity contribution is 5.83. The van der Waals surface area contributed by atoms with E-state index in [4.69, 9.17) is 9.15 Å². The number of aromatic nitrogens is 1. The fourth-order valence-electron chi connectivity index (χ4n) is 3.42. The lowest BCUT2D eigenvalue weighted by atomic mass is 10.0. The van der Waals surface area contributed by atoms with Gasteiger partial charge in [0, 0.05) is 12.0 Å². The van der Waals surface area contributed by atoms with E-state index < -0.39 is 11.8 Å². The highest BCUT2D eigenvalue weighted by Gasteiger charge is 2.15. The van der Waals surface area contributed by atoms with E-state index in [0.717, 1.165) is 16.7 Å². The van der Waals surface area contributed by atoms with Crippen molar-refractivity contribution in [3.8, 4) is 17.2 Å². The zero-order chi connectivity index (χ0) is 23.8. The van der Waals surface area contributed by atoms with Crippen LogP contribution in [-0.2, 0) is 22.4 Å². The highest BCUT2D eigenvalue weighted by Crippen LogP contribution is 2.22. The third-order valence-corrected chi connectivity index (χ3v) is 5.15. The molecule has 0 saturated carbocycles. The summed E-state index contributed by atoms with van der Waals surface area (Å²) in [7, 11) is 0. The smallest absolute Gasteiger partial charge is 0.276 e. The Morgan fingerprint density at radius 2 is 1.50 bits per heavy atom. The van der Waals surface area contributed by atoms with E-state index in [-0.39, 0.29) is 13.0 Å². The Morgan fingerprint density at radius 1 is 0.853 bits per heavy atom. The molecule has 0 spiro atoms. The van der Waals surface area contributed by atoms with Gasteiger partial charge in [-0.1, -0.05) is 66.7 Å². The minimum Gasteiger partial charge on any atom is -0.483 e. The molecule has 0 aliphatic carbocycles. The minimum atomic E-state index is -0.468. The Balaban J connectivity index is 1.27. The molecule has 0 fully saturated rings. The molecule has 172 valence electrons. The Bertz CT molecular complexity index is 1250. The molecule has 4 rings (SSSR count). The first-order valence-corrected chi connectivity index (χ1v) is 10.9. The van der Waals surface area contributed by atoms with Crippen molar-refractivity contribution in [2.24, 2.45) is 0 Å². The van der Waals surface area contributed by atoms with Crippen LogP contribution in [0.3, 0.4) is 0 Å². The monoisotopic (exact) mass is 455 g/mol. The van der Waals surface area contributed by atoms with Crippen molar-refractivity contribution in [2.45, 2.75) is 19.8 Å². The molecule has 7 nitrogen and oxygen atoms in total. The number of aryl methyl sites for hydroxylation is 1. The molecule has 2 N–H and O–H groups in total. The molecule has 7 heteroatoms. The number of para-hydroxylation sites is 1. The zero-order valence-electron chi connectivity index (χ0n) is 18.8. The summed E-state index contributed by atoms with van der Waals surface area (Å²) in [6.07, 6.45) is 0.667. The summed E-state index contributed by atoms with van der Waals surface area (Å²) < 4.78 is 11.4. The largest absolute Gasteiger partial charge is 0.483 e. The first kappa shape index (κ1) is 22.8. The number of ether oxygens (including phenoxy) is 1. The van der Waals surface area contributed by atoms with Crippen LogP contribution in [0.4, 0.5) is 0 Å². The van der Waals surface area contributed by atoms with Crippen LogP contribution in [0.5, 0.6) is 5.75 Å². The maximum atomic E-state index is 12.3. The maximum absolute atomic E-state index is 12.3. The summed E-state index contributed by atoms with van der Waals surface area (Å²) in [6, 6.07) is 27.0. The Morgan fingerprint density at radius 3 is 2.26 bits per heavy atom. The van der Waals surface area contributed by atoms with Crippen molar-refractivity contribution >= 4 is 11.8 Å². The predicted molar refractivity (Wildman–Crippen MR) is 128 cm³/mol. The number of carbonyl (C=O) groups excluding carboxylic acids is 2. The van der Waals surface area contributed by atoms with Crippen molar-refractivity contribution in [1.82, 2.24) is 15.8 Å². The molecule has 3 aromatic carbocycles. The molecule has 0 bridgehead atoms. The first-order chi connectivity index (χ1) is 16.6. The Hall–Kier alpha value is -4.39. The van der Waals surface area contributed by atoms with Gasteiger partial charge in [0.05, 0.1) is 12.1 Å². The van der Waals surface area contributed by atoms with E-state index in [0.29, 0.717) is 29.5 Å². The quantitative estimate of drug-likeness (QED) is 0.392. The van der Waals surface area contributed by atoms with Gasteiger partial charge >= 0.3 is 0 Å². The molecule has 4 aromatic rings. The molecule has 0 unspecified atom stereocenters. The van der Waals surface area contributed by atoms with Crippen molar-refractivity contribution in [3.05, 3.63) is 108 Å². The van der Waals surface area contributed by atoms with E-state index in [1.165, 1.54) is 0 Å². The van der Waals surface area contributed by atoms with Gasteiger partial charge in [0.15, 0.2) is 6.61 Å².